The zero-order valence-corrected chi connectivity index (χ0v) is 11.6. The van der Waals surface area contributed by atoms with Crippen LogP contribution in [0.15, 0.2) is 0 Å². The molecule has 0 aromatic rings. The molecule has 4 heteroatoms. The summed E-state index contributed by atoms with van der Waals surface area (Å²) < 4.78 is 16.8. The zero-order valence-electron chi connectivity index (χ0n) is 10.5. The zero-order chi connectivity index (χ0) is 11.4. The minimum Gasteiger partial charge on any atom is -0.376 e. The summed E-state index contributed by atoms with van der Waals surface area (Å²) in [5, 5.41) is 0. The lowest BCUT2D eigenvalue weighted by molar-refractivity contribution is 0.0910. The Morgan fingerprint density at radius 2 is 1.13 bits per heavy atom. The minimum absolute atomic E-state index is 0.759. The number of hydrogen-bond acceptors (Lipinski definition) is 3. The van der Waals surface area contributed by atoms with Crippen molar-refractivity contribution in [2.24, 2.45) is 0 Å². The highest BCUT2D eigenvalue weighted by Gasteiger charge is 2.13. The van der Waals surface area contributed by atoms with Crippen molar-refractivity contribution < 1.29 is 13.3 Å². The number of hydrogen-bond donors (Lipinski definition) is 0. The average Bonchev–Trinajstić information content (AvgIpc) is 2.25. The second kappa shape index (κ2) is 12.2. The van der Waals surface area contributed by atoms with Crippen LogP contribution < -0.4 is 0 Å². The summed E-state index contributed by atoms with van der Waals surface area (Å²) in [6.07, 6.45) is 5.53. The van der Waals surface area contributed by atoms with Crippen molar-refractivity contribution >= 4 is 9.53 Å². The minimum atomic E-state index is -1.81. The summed E-state index contributed by atoms with van der Waals surface area (Å²) in [4.78, 5) is 0. The molecule has 0 rings (SSSR count). The van der Waals surface area contributed by atoms with Gasteiger partial charge in [-0.25, -0.2) is 0 Å². The van der Waals surface area contributed by atoms with Crippen molar-refractivity contribution in [1.29, 1.82) is 0 Å². The number of unbranched alkanes of at least 4 members (excludes halogenated alkanes) is 2. The highest BCUT2D eigenvalue weighted by atomic mass is 28.3. The smallest absolute Gasteiger partial charge is 0.376 e. The summed E-state index contributed by atoms with van der Waals surface area (Å²) in [6.45, 7) is 8.74. The molecule has 0 saturated carbocycles. The van der Waals surface area contributed by atoms with E-state index in [2.05, 4.69) is 20.8 Å². The second-order valence-corrected chi connectivity index (χ2v) is 5.19. The van der Waals surface area contributed by atoms with E-state index in [0.29, 0.717) is 0 Å². The first-order valence-electron chi connectivity index (χ1n) is 6.19. The van der Waals surface area contributed by atoms with Crippen molar-refractivity contribution in [3.63, 3.8) is 0 Å². The maximum Gasteiger partial charge on any atom is 0.484 e. The van der Waals surface area contributed by atoms with Crippen molar-refractivity contribution in [2.45, 2.75) is 52.9 Å². The number of rotatable bonds is 11. The van der Waals surface area contributed by atoms with Crippen LogP contribution in [0.4, 0.5) is 0 Å². The molecule has 0 heterocycles. The Balaban J connectivity index is 3.53. The van der Waals surface area contributed by atoms with Crippen LogP contribution in [-0.2, 0) is 13.3 Å². The Bertz CT molecular complexity index is 112. The van der Waals surface area contributed by atoms with Gasteiger partial charge in [-0.2, -0.15) is 0 Å². The van der Waals surface area contributed by atoms with Gasteiger partial charge in [0.05, 0.1) is 0 Å². The molecule has 0 aliphatic heterocycles. The molecule has 0 saturated heterocycles. The SMILES string of the molecule is CCCCO[SiH](OCCC)OCCCC. The highest BCUT2D eigenvalue weighted by Crippen LogP contribution is 1.99. The molecule has 0 aliphatic carbocycles. The fourth-order valence-electron chi connectivity index (χ4n) is 1.01. The molecule has 0 N–H and O–H groups in total. The Morgan fingerprint density at radius 1 is 0.667 bits per heavy atom. The average molecular weight is 234 g/mol. The van der Waals surface area contributed by atoms with E-state index >= 15 is 0 Å². The monoisotopic (exact) mass is 234 g/mol. The molecule has 0 unspecified atom stereocenters. The Morgan fingerprint density at radius 3 is 1.53 bits per heavy atom. The highest BCUT2D eigenvalue weighted by molar-refractivity contribution is 6.36. The Kier molecular flexibility index (Phi) is 12.2. The molecule has 0 aromatic carbocycles. The summed E-state index contributed by atoms with van der Waals surface area (Å²) >= 11 is 0. The third-order valence-electron chi connectivity index (χ3n) is 1.96. The molecule has 0 spiro atoms. The first kappa shape index (κ1) is 15.1. The standard InChI is InChI=1S/C11H26O3Si/c1-4-7-10-13-15(12-9-6-3)14-11-8-5-2/h15H,4-11H2,1-3H3. The van der Waals surface area contributed by atoms with Crippen LogP contribution in [0, 0.1) is 0 Å². The normalized spacial score (nSPS) is 11.2. The largest absolute Gasteiger partial charge is 0.484 e. The second-order valence-electron chi connectivity index (χ2n) is 3.61. The van der Waals surface area contributed by atoms with E-state index in [1.807, 2.05) is 0 Å². The first-order chi connectivity index (χ1) is 7.35. The van der Waals surface area contributed by atoms with Crippen LogP contribution in [0.5, 0.6) is 0 Å². The molecule has 0 fully saturated rings. The van der Waals surface area contributed by atoms with Gasteiger partial charge in [0.2, 0.25) is 0 Å². The summed E-state index contributed by atoms with van der Waals surface area (Å²) in [5.41, 5.74) is 0. The van der Waals surface area contributed by atoms with Gasteiger partial charge >= 0.3 is 9.53 Å². The molecule has 0 aliphatic rings. The molecule has 3 nitrogen and oxygen atoms in total. The summed E-state index contributed by atoms with van der Waals surface area (Å²) in [7, 11) is -1.81. The van der Waals surface area contributed by atoms with Crippen molar-refractivity contribution in [1.82, 2.24) is 0 Å². The molecule has 0 amide bonds. The fraction of sp³-hybridized carbons (Fsp3) is 1.00. The molecule has 15 heavy (non-hydrogen) atoms. The van der Waals surface area contributed by atoms with Crippen LogP contribution in [0.25, 0.3) is 0 Å². The lowest BCUT2D eigenvalue weighted by atomic mass is 10.4. The first-order valence-corrected chi connectivity index (χ1v) is 7.61. The molecular formula is C11H26O3Si. The summed E-state index contributed by atoms with van der Waals surface area (Å²) in [6, 6.07) is 0. The van der Waals surface area contributed by atoms with E-state index in [-0.39, 0.29) is 0 Å². The van der Waals surface area contributed by atoms with Gasteiger partial charge in [0.25, 0.3) is 0 Å². The van der Waals surface area contributed by atoms with Gasteiger partial charge in [0, 0.05) is 19.8 Å². The van der Waals surface area contributed by atoms with E-state index in [9.17, 15) is 0 Å². The van der Waals surface area contributed by atoms with Crippen LogP contribution in [0.2, 0.25) is 0 Å². The summed E-state index contributed by atoms with van der Waals surface area (Å²) in [5.74, 6) is 0. The molecule has 0 radical (unpaired) electrons. The van der Waals surface area contributed by atoms with Gasteiger partial charge in [-0.3, -0.25) is 0 Å². The maximum absolute atomic E-state index is 5.63. The van der Waals surface area contributed by atoms with Crippen LogP contribution in [-0.4, -0.2) is 29.3 Å². The lowest BCUT2D eigenvalue weighted by Crippen LogP contribution is -2.28. The molecule has 0 aromatic heterocycles. The van der Waals surface area contributed by atoms with Crippen molar-refractivity contribution in [3.05, 3.63) is 0 Å². The van der Waals surface area contributed by atoms with E-state index in [0.717, 1.165) is 51.9 Å². The maximum atomic E-state index is 5.63. The van der Waals surface area contributed by atoms with E-state index in [1.54, 1.807) is 0 Å². The van der Waals surface area contributed by atoms with Gasteiger partial charge in [0.1, 0.15) is 0 Å². The van der Waals surface area contributed by atoms with Crippen LogP contribution >= 0.6 is 0 Å². The van der Waals surface area contributed by atoms with Gasteiger partial charge in [-0.1, -0.05) is 33.6 Å². The third-order valence-corrected chi connectivity index (χ3v) is 3.49. The van der Waals surface area contributed by atoms with Crippen LogP contribution in [0.3, 0.4) is 0 Å². The van der Waals surface area contributed by atoms with E-state index in [4.69, 9.17) is 13.3 Å². The van der Waals surface area contributed by atoms with E-state index in [1.165, 1.54) is 0 Å². The van der Waals surface area contributed by atoms with Gasteiger partial charge in [-0.05, 0) is 19.3 Å². The molecular weight excluding hydrogens is 208 g/mol. The van der Waals surface area contributed by atoms with Crippen molar-refractivity contribution in [2.75, 3.05) is 19.8 Å². The van der Waals surface area contributed by atoms with Gasteiger partial charge in [-0.15, -0.1) is 0 Å². The van der Waals surface area contributed by atoms with E-state index < -0.39 is 9.53 Å². The predicted octanol–water partition coefficient (Wildman–Crippen LogP) is 2.76. The molecule has 0 bridgehead atoms. The van der Waals surface area contributed by atoms with Crippen molar-refractivity contribution in [3.8, 4) is 0 Å². The van der Waals surface area contributed by atoms with Gasteiger partial charge in [0.15, 0.2) is 0 Å². The van der Waals surface area contributed by atoms with Crippen LogP contribution in [0.1, 0.15) is 52.9 Å². The third kappa shape index (κ3) is 10.4. The van der Waals surface area contributed by atoms with Gasteiger partial charge < -0.3 is 13.3 Å². The fourth-order valence-corrected chi connectivity index (χ4v) is 2.44. The Hall–Kier alpha value is 0.0969. The predicted molar refractivity (Wildman–Crippen MR) is 65.1 cm³/mol. The lowest BCUT2D eigenvalue weighted by Gasteiger charge is -2.16. The molecule has 92 valence electrons. The Labute approximate surface area is 96.1 Å². The quantitative estimate of drug-likeness (QED) is 0.406. The topological polar surface area (TPSA) is 27.7 Å². The molecule has 0 atom stereocenters.